The number of hydrogen-bond acceptors (Lipinski definition) is 8. The van der Waals surface area contributed by atoms with Crippen LogP contribution in [0.15, 0.2) is 36.8 Å². The van der Waals surface area contributed by atoms with Crippen LogP contribution in [-0.4, -0.2) is 74.7 Å². The zero-order chi connectivity index (χ0) is 24.2. The van der Waals surface area contributed by atoms with E-state index >= 15 is 0 Å². The van der Waals surface area contributed by atoms with Crippen molar-refractivity contribution >= 4 is 29.5 Å². The number of benzene rings is 1. The van der Waals surface area contributed by atoms with Gasteiger partial charge in [0.15, 0.2) is 5.82 Å². The topological polar surface area (TPSA) is 92.5 Å². The van der Waals surface area contributed by atoms with Crippen LogP contribution in [0.5, 0.6) is 0 Å². The summed E-state index contributed by atoms with van der Waals surface area (Å²) in [5, 5.41) is 9.46. The molecule has 3 aliphatic heterocycles. The molecular formula is C23H24ClFN8O2. The molecule has 1 aromatic carbocycles. The van der Waals surface area contributed by atoms with Gasteiger partial charge in [0, 0.05) is 49.0 Å². The molecular weight excluding hydrogens is 475 g/mol. The quantitative estimate of drug-likeness (QED) is 0.542. The largest absolute Gasteiger partial charge is 0.444 e. The third-order valence-electron chi connectivity index (χ3n) is 6.73. The number of alkyl halides is 1. The molecule has 35 heavy (non-hydrogen) atoms. The van der Waals surface area contributed by atoms with E-state index in [9.17, 15) is 9.18 Å². The van der Waals surface area contributed by atoms with Crippen LogP contribution in [0.1, 0.15) is 18.3 Å². The Labute approximate surface area is 206 Å². The molecule has 5 heterocycles. The summed E-state index contributed by atoms with van der Waals surface area (Å²) in [6, 6.07) is 5.56. The molecule has 0 N–H and O–H groups in total. The van der Waals surface area contributed by atoms with Crippen molar-refractivity contribution in [2.45, 2.75) is 26.1 Å². The van der Waals surface area contributed by atoms with E-state index in [1.54, 1.807) is 18.6 Å². The lowest BCUT2D eigenvalue weighted by atomic mass is 9.73. The number of aromatic nitrogens is 5. The van der Waals surface area contributed by atoms with Gasteiger partial charge in [0.1, 0.15) is 18.6 Å². The van der Waals surface area contributed by atoms with Gasteiger partial charge in [0.2, 0.25) is 5.95 Å². The highest BCUT2D eigenvalue weighted by atomic mass is 35.5. The average molecular weight is 499 g/mol. The summed E-state index contributed by atoms with van der Waals surface area (Å²) >= 11 is 6.28. The monoisotopic (exact) mass is 498 g/mol. The van der Waals surface area contributed by atoms with E-state index in [4.69, 9.17) is 16.3 Å². The first kappa shape index (κ1) is 22.0. The Bertz CT molecular complexity index is 1260. The Morgan fingerprint density at radius 3 is 2.71 bits per heavy atom. The molecule has 2 saturated heterocycles. The Kier molecular flexibility index (Phi) is 5.24. The molecule has 3 aliphatic rings. The fourth-order valence-electron chi connectivity index (χ4n) is 5.08. The number of fused-ring (bicyclic) bond motifs is 3. The third kappa shape index (κ3) is 3.83. The number of carbonyl (C=O) groups excluding carboxylic acids is 1. The summed E-state index contributed by atoms with van der Waals surface area (Å²) in [6.07, 6.45) is 3.75. The fourth-order valence-corrected chi connectivity index (χ4v) is 5.28. The Hall–Kier alpha value is -3.47. The van der Waals surface area contributed by atoms with Crippen molar-refractivity contribution in [1.29, 1.82) is 0 Å². The van der Waals surface area contributed by atoms with Gasteiger partial charge in [-0.1, -0.05) is 11.6 Å². The smallest absolute Gasteiger partial charge is 0.410 e. The van der Waals surface area contributed by atoms with Gasteiger partial charge in [-0.25, -0.2) is 14.2 Å². The lowest BCUT2D eigenvalue weighted by Crippen LogP contribution is -2.73. The lowest BCUT2D eigenvalue weighted by Gasteiger charge is -2.60. The van der Waals surface area contributed by atoms with E-state index in [1.165, 1.54) is 11.8 Å². The van der Waals surface area contributed by atoms with Gasteiger partial charge in [-0.3, -0.25) is 14.5 Å². The van der Waals surface area contributed by atoms with E-state index in [1.807, 2.05) is 22.8 Å². The van der Waals surface area contributed by atoms with Crippen LogP contribution < -0.4 is 9.80 Å². The standard InChI is InChI=1S/C23H24ClFN8O2/c1-15(7-25)35-22(34)30-9-16-6-17(24)2-3-18(16)33-20(10-30)28-29-21(33)32-13-23(14-32)11-31(12-23)19-8-26-4-5-27-19/h2-6,8,15H,7,9-14H2,1H3/t15-/m0/s1. The van der Waals surface area contributed by atoms with E-state index in [-0.39, 0.29) is 18.5 Å². The molecule has 2 aromatic heterocycles. The highest BCUT2D eigenvalue weighted by Gasteiger charge is 2.53. The van der Waals surface area contributed by atoms with Crippen molar-refractivity contribution in [1.82, 2.24) is 29.6 Å². The minimum atomic E-state index is -0.820. The number of hydrogen-bond donors (Lipinski definition) is 0. The summed E-state index contributed by atoms with van der Waals surface area (Å²) in [4.78, 5) is 27.2. The molecule has 2 fully saturated rings. The zero-order valence-electron chi connectivity index (χ0n) is 19.1. The first-order valence-electron chi connectivity index (χ1n) is 11.5. The van der Waals surface area contributed by atoms with Crippen LogP contribution in [0.25, 0.3) is 5.69 Å². The van der Waals surface area contributed by atoms with Crippen LogP contribution in [-0.2, 0) is 17.8 Å². The van der Waals surface area contributed by atoms with Crippen LogP contribution in [0.2, 0.25) is 5.02 Å². The van der Waals surface area contributed by atoms with E-state index in [0.29, 0.717) is 10.8 Å². The zero-order valence-corrected chi connectivity index (χ0v) is 19.9. The average Bonchev–Trinajstić information content (AvgIpc) is 3.12. The molecule has 1 amide bonds. The number of halogens is 2. The van der Waals surface area contributed by atoms with Crippen LogP contribution in [0.4, 0.5) is 21.0 Å². The number of nitrogens with zero attached hydrogens (tertiary/aromatic N) is 8. The molecule has 0 unspecified atom stereocenters. The minimum absolute atomic E-state index is 0.190. The fraction of sp³-hybridized carbons (Fsp3) is 0.435. The van der Waals surface area contributed by atoms with Gasteiger partial charge in [0.05, 0.1) is 25.0 Å². The molecule has 6 rings (SSSR count). The predicted octanol–water partition coefficient (Wildman–Crippen LogP) is 2.85. The summed E-state index contributed by atoms with van der Waals surface area (Å²) < 4.78 is 20.1. The first-order valence-corrected chi connectivity index (χ1v) is 11.8. The van der Waals surface area contributed by atoms with Crippen molar-refractivity contribution < 1.29 is 13.9 Å². The van der Waals surface area contributed by atoms with Crippen molar-refractivity contribution in [3.63, 3.8) is 0 Å². The molecule has 0 aliphatic carbocycles. The van der Waals surface area contributed by atoms with Crippen LogP contribution in [0.3, 0.4) is 0 Å². The number of ether oxygens (including phenoxy) is 1. The van der Waals surface area contributed by atoms with Crippen molar-refractivity contribution in [2.75, 3.05) is 42.7 Å². The molecule has 182 valence electrons. The number of amides is 1. The molecule has 0 saturated carbocycles. The Morgan fingerprint density at radius 1 is 1.17 bits per heavy atom. The molecule has 10 nitrogen and oxygen atoms in total. The minimum Gasteiger partial charge on any atom is -0.444 e. The molecule has 0 bridgehead atoms. The maximum atomic E-state index is 12.9. The van der Waals surface area contributed by atoms with E-state index in [0.717, 1.165) is 49.2 Å². The second-order valence-electron chi connectivity index (χ2n) is 9.51. The van der Waals surface area contributed by atoms with Crippen LogP contribution >= 0.6 is 11.6 Å². The molecule has 1 spiro atoms. The maximum absolute atomic E-state index is 12.9. The summed E-state index contributed by atoms with van der Waals surface area (Å²) in [6.45, 7) is 4.78. The normalized spacial score (nSPS) is 18.8. The summed E-state index contributed by atoms with van der Waals surface area (Å²) in [5.74, 6) is 2.24. The van der Waals surface area contributed by atoms with Gasteiger partial charge < -0.3 is 14.5 Å². The van der Waals surface area contributed by atoms with Crippen molar-refractivity contribution in [3.8, 4) is 5.69 Å². The second kappa shape index (κ2) is 8.33. The van der Waals surface area contributed by atoms with Crippen molar-refractivity contribution in [2.24, 2.45) is 5.41 Å². The Morgan fingerprint density at radius 2 is 1.97 bits per heavy atom. The van der Waals surface area contributed by atoms with Gasteiger partial charge >= 0.3 is 6.09 Å². The number of rotatable bonds is 4. The highest BCUT2D eigenvalue weighted by molar-refractivity contribution is 6.30. The van der Waals surface area contributed by atoms with Gasteiger partial charge in [0.25, 0.3) is 0 Å². The van der Waals surface area contributed by atoms with Gasteiger partial charge in [-0.15, -0.1) is 10.2 Å². The SMILES string of the molecule is C[C@@H](CF)OC(=O)N1Cc2cc(Cl)ccc2-n2c(nnc2N2CC3(CN(c4cnccn4)C3)C2)C1. The summed E-state index contributed by atoms with van der Waals surface area (Å²) in [5.41, 5.74) is 1.90. The lowest BCUT2D eigenvalue weighted by molar-refractivity contribution is 0.0547. The number of carbonyl (C=O) groups is 1. The predicted molar refractivity (Wildman–Crippen MR) is 126 cm³/mol. The number of anilines is 2. The van der Waals surface area contributed by atoms with Gasteiger partial charge in [-0.05, 0) is 30.7 Å². The third-order valence-corrected chi connectivity index (χ3v) is 6.96. The first-order chi connectivity index (χ1) is 16.9. The van der Waals surface area contributed by atoms with E-state index in [2.05, 4.69) is 30.0 Å². The van der Waals surface area contributed by atoms with Crippen LogP contribution in [0, 0.1) is 5.41 Å². The van der Waals surface area contributed by atoms with E-state index < -0.39 is 18.9 Å². The highest BCUT2D eigenvalue weighted by Crippen LogP contribution is 2.43. The molecule has 3 aromatic rings. The molecule has 12 heteroatoms. The molecule has 1 atom stereocenters. The second-order valence-corrected chi connectivity index (χ2v) is 9.94. The van der Waals surface area contributed by atoms with Crippen molar-refractivity contribution in [3.05, 3.63) is 53.2 Å². The maximum Gasteiger partial charge on any atom is 0.410 e. The summed E-state index contributed by atoms with van der Waals surface area (Å²) in [7, 11) is 0. The van der Waals surface area contributed by atoms with Gasteiger partial charge in [-0.2, -0.15) is 0 Å². The Balaban J connectivity index is 1.24. The molecule has 0 radical (unpaired) electrons.